The molecule has 0 spiro atoms. The van der Waals surface area contributed by atoms with Crippen molar-refractivity contribution in [3.8, 4) is 0 Å². The topological polar surface area (TPSA) is 23.6 Å². The Balaban J connectivity index is 0.00000240. The molecule has 3 nitrogen and oxygen atoms in total. The van der Waals surface area contributed by atoms with Crippen LogP contribution in [0, 0.1) is 0 Å². The summed E-state index contributed by atoms with van der Waals surface area (Å²) in [6, 6.07) is 14.5. The number of rotatable bonds is 4. The fourth-order valence-electron chi connectivity index (χ4n) is 4.75. The zero-order valence-corrected chi connectivity index (χ0v) is 18.9. The molecule has 0 saturated carbocycles. The Kier molecular flexibility index (Phi) is 7.50. The van der Waals surface area contributed by atoms with Crippen molar-refractivity contribution >= 4 is 41.5 Å². The highest BCUT2D eigenvalue weighted by molar-refractivity contribution is 6.42. The SMILES string of the molecule is CN(C(=O)Cc1ccc(Cl)c(Cl)c1)C1c2ccccc2CCC1N1CCCC1.Cl. The van der Waals surface area contributed by atoms with E-state index in [0.717, 1.165) is 31.5 Å². The van der Waals surface area contributed by atoms with Gasteiger partial charge in [-0.15, -0.1) is 12.4 Å². The lowest BCUT2D eigenvalue weighted by molar-refractivity contribution is -0.133. The van der Waals surface area contributed by atoms with Crippen LogP contribution in [0.3, 0.4) is 0 Å². The third-order valence-electron chi connectivity index (χ3n) is 6.21. The summed E-state index contributed by atoms with van der Waals surface area (Å²) >= 11 is 12.2. The van der Waals surface area contributed by atoms with Crippen LogP contribution in [-0.4, -0.2) is 41.9 Å². The third-order valence-corrected chi connectivity index (χ3v) is 6.95. The van der Waals surface area contributed by atoms with Gasteiger partial charge in [-0.2, -0.15) is 0 Å². The quantitative estimate of drug-likeness (QED) is 0.604. The number of fused-ring (bicyclic) bond motifs is 1. The predicted octanol–water partition coefficient (Wildman–Crippen LogP) is 5.57. The highest BCUT2D eigenvalue weighted by Gasteiger charge is 2.38. The molecule has 0 aromatic heterocycles. The molecule has 1 aliphatic carbocycles. The lowest BCUT2D eigenvalue weighted by Crippen LogP contribution is -2.48. The van der Waals surface area contributed by atoms with E-state index in [-0.39, 0.29) is 24.4 Å². The minimum atomic E-state index is 0. The van der Waals surface area contributed by atoms with E-state index < -0.39 is 0 Å². The molecule has 6 heteroatoms. The van der Waals surface area contributed by atoms with Gasteiger partial charge in [0.15, 0.2) is 0 Å². The average molecular weight is 454 g/mol. The molecular formula is C23H27Cl3N2O. The van der Waals surface area contributed by atoms with E-state index in [9.17, 15) is 4.79 Å². The van der Waals surface area contributed by atoms with Crippen molar-refractivity contribution in [3.05, 3.63) is 69.2 Å². The number of likely N-dealkylation sites (tertiary alicyclic amines) is 1. The zero-order chi connectivity index (χ0) is 19.7. The van der Waals surface area contributed by atoms with E-state index in [4.69, 9.17) is 23.2 Å². The summed E-state index contributed by atoms with van der Waals surface area (Å²) in [5.41, 5.74) is 3.57. The minimum Gasteiger partial charge on any atom is -0.337 e. The number of carbonyl (C=O) groups excluding carboxylic acids is 1. The molecule has 0 N–H and O–H groups in total. The number of likely N-dealkylation sites (N-methyl/N-ethyl adjacent to an activating group) is 1. The van der Waals surface area contributed by atoms with Crippen LogP contribution in [0.1, 0.15) is 42.0 Å². The van der Waals surface area contributed by atoms with Gasteiger partial charge in [0, 0.05) is 13.1 Å². The maximum absolute atomic E-state index is 13.2. The number of hydrogen-bond acceptors (Lipinski definition) is 2. The first-order valence-corrected chi connectivity index (χ1v) is 10.8. The van der Waals surface area contributed by atoms with Crippen LogP contribution < -0.4 is 0 Å². The Morgan fingerprint density at radius 1 is 1.10 bits per heavy atom. The monoisotopic (exact) mass is 452 g/mol. The highest BCUT2D eigenvalue weighted by atomic mass is 35.5. The largest absolute Gasteiger partial charge is 0.337 e. The van der Waals surface area contributed by atoms with Gasteiger partial charge in [0.1, 0.15) is 0 Å². The van der Waals surface area contributed by atoms with E-state index >= 15 is 0 Å². The molecular weight excluding hydrogens is 427 g/mol. The lowest BCUT2D eigenvalue weighted by atomic mass is 9.82. The zero-order valence-electron chi connectivity index (χ0n) is 16.6. The highest BCUT2D eigenvalue weighted by Crippen LogP contribution is 2.38. The van der Waals surface area contributed by atoms with Gasteiger partial charge in [-0.3, -0.25) is 9.69 Å². The van der Waals surface area contributed by atoms with Gasteiger partial charge in [0.25, 0.3) is 0 Å². The minimum absolute atomic E-state index is 0. The van der Waals surface area contributed by atoms with Crippen LogP contribution in [-0.2, 0) is 17.6 Å². The number of halogens is 3. The Bertz CT molecular complexity index is 867. The molecule has 1 amide bonds. The summed E-state index contributed by atoms with van der Waals surface area (Å²) in [5.74, 6) is 0.115. The summed E-state index contributed by atoms with van der Waals surface area (Å²) in [6.07, 6.45) is 5.03. The second-order valence-corrected chi connectivity index (χ2v) is 8.74. The van der Waals surface area contributed by atoms with Crippen LogP contribution in [0.25, 0.3) is 0 Å². The molecule has 1 fully saturated rings. The maximum Gasteiger partial charge on any atom is 0.227 e. The number of aryl methyl sites for hydroxylation is 1. The van der Waals surface area contributed by atoms with Crippen molar-refractivity contribution in [1.82, 2.24) is 9.80 Å². The van der Waals surface area contributed by atoms with E-state index in [1.807, 2.05) is 18.0 Å². The van der Waals surface area contributed by atoms with Gasteiger partial charge in [-0.25, -0.2) is 0 Å². The fraction of sp³-hybridized carbons (Fsp3) is 0.435. The fourth-order valence-corrected chi connectivity index (χ4v) is 5.07. The molecule has 1 saturated heterocycles. The molecule has 2 atom stereocenters. The third kappa shape index (κ3) is 4.74. The predicted molar refractivity (Wildman–Crippen MR) is 122 cm³/mol. The number of hydrogen-bond donors (Lipinski definition) is 0. The van der Waals surface area contributed by atoms with Crippen LogP contribution in [0.2, 0.25) is 10.0 Å². The Hall–Kier alpha value is -1.26. The molecule has 156 valence electrons. The summed E-state index contributed by atoms with van der Waals surface area (Å²) in [7, 11) is 1.95. The summed E-state index contributed by atoms with van der Waals surface area (Å²) in [6.45, 7) is 2.27. The molecule has 1 aliphatic heterocycles. The second-order valence-electron chi connectivity index (χ2n) is 7.92. The molecule has 2 unspecified atom stereocenters. The van der Waals surface area contributed by atoms with Gasteiger partial charge < -0.3 is 4.90 Å². The number of benzene rings is 2. The number of amides is 1. The van der Waals surface area contributed by atoms with Crippen molar-refractivity contribution in [2.24, 2.45) is 0 Å². The average Bonchev–Trinajstić information content (AvgIpc) is 3.24. The van der Waals surface area contributed by atoms with Gasteiger partial charge in [0.05, 0.1) is 22.5 Å². The van der Waals surface area contributed by atoms with Crippen LogP contribution >= 0.6 is 35.6 Å². The van der Waals surface area contributed by atoms with Crippen molar-refractivity contribution in [2.45, 2.75) is 44.2 Å². The van der Waals surface area contributed by atoms with Crippen molar-refractivity contribution in [2.75, 3.05) is 20.1 Å². The van der Waals surface area contributed by atoms with Crippen molar-refractivity contribution in [3.63, 3.8) is 0 Å². The van der Waals surface area contributed by atoms with Crippen LogP contribution in [0.5, 0.6) is 0 Å². The maximum atomic E-state index is 13.2. The Morgan fingerprint density at radius 3 is 2.55 bits per heavy atom. The first-order chi connectivity index (χ1) is 13.5. The molecule has 29 heavy (non-hydrogen) atoms. The summed E-state index contributed by atoms with van der Waals surface area (Å²) < 4.78 is 0. The Labute approximate surface area is 189 Å². The van der Waals surface area contributed by atoms with Crippen LogP contribution in [0.4, 0.5) is 0 Å². The van der Waals surface area contributed by atoms with Gasteiger partial charge in [0.2, 0.25) is 5.91 Å². The molecule has 2 aromatic rings. The first-order valence-electron chi connectivity index (χ1n) is 10.1. The number of carbonyl (C=O) groups is 1. The van der Waals surface area contributed by atoms with E-state index in [1.54, 1.807) is 12.1 Å². The molecule has 0 bridgehead atoms. The molecule has 2 aromatic carbocycles. The van der Waals surface area contributed by atoms with Crippen LogP contribution in [0.15, 0.2) is 42.5 Å². The molecule has 4 rings (SSSR count). The van der Waals surface area contributed by atoms with Gasteiger partial charge in [-0.05, 0) is 67.6 Å². The lowest BCUT2D eigenvalue weighted by Gasteiger charge is -2.43. The van der Waals surface area contributed by atoms with Gasteiger partial charge >= 0.3 is 0 Å². The first kappa shape index (κ1) is 22.4. The molecule has 2 aliphatic rings. The van der Waals surface area contributed by atoms with Gasteiger partial charge in [-0.1, -0.05) is 53.5 Å². The Morgan fingerprint density at radius 2 is 1.83 bits per heavy atom. The smallest absolute Gasteiger partial charge is 0.227 e. The van der Waals surface area contributed by atoms with E-state index in [1.165, 1.54) is 24.0 Å². The second kappa shape index (κ2) is 9.70. The van der Waals surface area contributed by atoms with E-state index in [0.29, 0.717) is 22.5 Å². The molecule has 0 radical (unpaired) electrons. The summed E-state index contributed by atoms with van der Waals surface area (Å²) in [4.78, 5) is 17.8. The van der Waals surface area contributed by atoms with E-state index in [2.05, 4.69) is 29.2 Å². The summed E-state index contributed by atoms with van der Waals surface area (Å²) in [5, 5.41) is 1.01. The molecule has 1 heterocycles. The normalized spacial score (nSPS) is 21.3. The number of nitrogens with zero attached hydrogens (tertiary/aromatic N) is 2. The van der Waals surface area contributed by atoms with Crippen molar-refractivity contribution in [1.29, 1.82) is 0 Å². The standard InChI is InChI=1S/C23H26Cl2N2O.ClH/c1-26(22(28)15-16-8-10-19(24)20(25)14-16)23-18-7-3-2-6-17(18)9-11-21(23)27-12-4-5-13-27;/h2-3,6-8,10,14,21,23H,4-5,9,11-13,15H2,1H3;1H. The van der Waals surface area contributed by atoms with Crippen molar-refractivity contribution < 1.29 is 4.79 Å².